The van der Waals surface area contributed by atoms with Crippen molar-refractivity contribution < 1.29 is 14.3 Å². The van der Waals surface area contributed by atoms with E-state index in [0.717, 1.165) is 12.8 Å². The third kappa shape index (κ3) is 5.54. The molecule has 1 amide bonds. The summed E-state index contributed by atoms with van der Waals surface area (Å²) in [5, 5.41) is 12.1. The van der Waals surface area contributed by atoms with Crippen molar-refractivity contribution in [3.05, 3.63) is 23.8 Å². The zero-order valence-corrected chi connectivity index (χ0v) is 15.3. The molecular formula is C19H28N2O3. The van der Waals surface area contributed by atoms with Crippen LogP contribution in [0.1, 0.15) is 59.4 Å². The van der Waals surface area contributed by atoms with Crippen molar-refractivity contribution in [1.82, 2.24) is 0 Å². The number of carbonyl (C=O) groups excluding carboxylic acids is 1. The molecule has 5 heteroatoms. The number of nitrogens with one attached hydrogen (secondary N) is 1. The fourth-order valence-corrected chi connectivity index (χ4v) is 2.40. The Balaban J connectivity index is 2.94. The molecule has 132 valence electrons. The molecule has 0 spiro atoms. The van der Waals surface area contributed by atoms with Crippen LogP contribution in [0.4, 0.5) is 5.69 Å². The van der Waals surface area contributed by atoms with Crippen LogP contribution in [0.15, 0.2) is 18.2 Å². The Morgan fingerprint density at radius 1 is 1.38 bits per heavy atom. The lowest BCUT2D eigenvalue weighted by molar-refractivity contribution is -0.139. The topological polar surface area (TPSA) is 71.3 Å². The monoisotopic (exact) mass is 332 g/mol. The largest absolute Gasteiger partial charge is 0.490 e. The molecule has 1 rings (SSSR count). The number of hydrogen-bond acceptors (Lipinski definition) is 4. The smallest absolute Gasteiger partial charge is 0.256 e. The second-order valence-corrected chi connectivity index (χ2v) is 6.21. The molecule has 0 heterocycles. The van der Waals surface area contributed by atoms with Gasteiger partial charge in [0.25, 0.3) is 5.91 Å². The van der Waals surface area contributed by atoms with Crippen LogP contribution in [-0.4, -0.2) is 24.2 Å². The SMILES string of the molecule is CCCCC(C)(OCC)C(=O)Nc1ccc(OC(C)C)c(C#N)c1. The molecule has 0 bridgehead atoms. The van der Waals surface area contributed by atoms with Gasteiger partial charge in [-0.05, 0) is 52.3 Å². The van der Waals surface area contributed by atoms with Crippen molar-refractivity contribution in [2.75, 3.05) is 11.9 Å². The third-order valence-corrected chi connectivity index (χ3v) is 3.67. The summed E-state index contributed by atoms with van der Waals surface area (Å²) in [5.41, 5.74) is 0.0910. The van der Waals surface area contributed by atoms with Gasteiger partial charge in [0.2, 0.25) is 0 Å². The normalized spacial score (nSPS) is 13.2. The molecule has 1 unspecified atom stereocenters. The van der Waals surface area contributed by atoms with Crippen LogP contribution >= 0.6 is 0 Å². The predicted molar refractivity (Wildman–Crippen MR) is 95.1 cm³/mol. The Morgan fingerprint density at radius 2 is 2.08 bits per heavy atom. The van der Waals surface area contributed by atoms with Gasteiger partial charge in [0.15, 0.2) is 0 Å². The number of nitriles is 1. The highest BCUT2D eigenvalue weighted by atomic mass is 16.5. The average Bonchev–Trinajstić information content (AvgIpc) is 2.54. The second kappa shape index (κ2) is 9.29. The summed E-state index contributed by atoms with van der Waals surface area (Å²) in [6.45, 7) is 10.0. The van der Waals surface area contributed by atoms with Crippen LogP contribution in [-0.2, 0) is 9.53 Å². The number of ether oxygens (including phenoxy) is 2. The van der Waals surface area contributed by atoms with E-state index in [-0.39, 0.29) is 12.0 Å². The summed E-state index contributed by atoms with van der Waals surface area (Å²) < 4.78 is 11.3. The van der Waals surface area contributed by atoms with E-state index in [1.165, 1.54) is 0 Å². The van der Waals surface area contributed by atoms with Crippen LogP contribution in [0.3, 0.4) is 0 Å². The van der Waals surface area contributed by atoms with Crippen LogP contribution in [0, 0.1) is 11.3 Å². The number of anilines is 1. The lowest BCUT2D eigenvalue weighted by Gasteiger charge is -2.28. The molecule has 0 radical (unpaired) electrons. The minimum absolute atomic E-state index is 0.0205. The molecule has 0 aliphatic heterocycles. The van der Waals surface area contributed by atoms with E-state index >= 15 is 0 Å². The first-order valence-electron chi connectivity index (χ1n) is 8.52. The highest BCUT2D eigenvalue weighted by molar-refractivity contribution is 5.97. The Morgan fingerprint density at radius 3 is 2.62 bits per heavy atom. The second-order valence-electron chi connectivity index (χ2n) is 6.21. The molecule has 5 nitrogen and oxygen atoms in total. The van der Waals surface area contributed by atoms with Gasteiger partial charge in [-0.3, -0.25) is 4.79 Å². The molecule has 0 aliphatic carbocycles. The summed E-state index contributed by atoms with van der Waals surface area (Å²) in [4.78, 5) is 12.6. The van der Waals surface area contributed by atoms with Crippen molar-refractivity contribution in [1.29, 1.82) is 5.26 Å². The minimum atomic E-state index is -0.870. The van der Waals surface area contributed by atoms with E-state index < -0.39 is 5.60 Å². The van der Waals surface area contributed by atoms with E-state index in [2.05, 4.69) is 18.3 Å². The van der Waals surface area contributed by atoms with E-state index in [4.69, 9.17) is 9.47 Å². The molecule has 0 aromatic heterocycles. The van der Waals surface area contributed by atoms with Gasteiger partial charge in [-0.1, -0.05) is 19.8 Å². The van der Waals surface area contributed by atoms with Crippen molar-refractivity contribution >= 4 is 11.6 Å². The Hall–Kier alpha value is -2.06. The maximum absolute atomic E-state index is 12.6. The first-order valence-corrected chi connectivity index (χ1v) is 8.52. The van der Waals surface area contributed by atoms with E-state index in [9.17, 15) is 10.1 Å². The molecule has 0 fully saturated rings. The van der Waals surface area contributed by atoms with Crippen LogP contribution < -0.4 is 10.1 Å². The standard InChI is InChI=1S/C19H28N2O3/c1-6-8-11-19(5,23-7-2)18(22)21-16-9-10-17(24-14(3)4)15(12-16)13-20/h9-10,12,14H,6-8,11H2,1-5H3,(H,21,22). The molecule has 1 aromatic carbocycles. The molecule has 0 saturated carbocycles. The highest BCUT2D eigenvalue weighted by Crippen LogP contribution is 2.26. The van der Waals surface area contributed by atoms with Gasteiger partial charge in [0.05, 0.1) is 11.7 Å². The molecule has 24 heavy (non-hydrogen) atoms. The summed E-state index contributed by atoms with van der Waals surface area (Å²) in [6, 6.07) is 7.18. The summed E-state index contributed by atoms with van der Waals surface area (Å²) >= 11 is 0. The van der Waals surface area contributed by atoms with Gasteiger partial charge in [-0.2, -0.15) is 5.26 Å². The Labute approximate surface area is 145 Å². The molecule has 1 aromatic rings. The summed E-state index contributed by atoms with van der Waals surface area (Å²) in [6.07, 6.45) is 2.54. The number of benzene rings is 1. The fraction of sp³-hybridized carbons (Fsp3) is 0.579. The lowest BCUT2D eigenvalue weighted by atomic mass is 9.97. The van der Waals surface area contributed by atoms with Gasteiger partial charge in [0.1, 0.15) is 17.4 Å². The number of amides is 1. The quantitative estimate of drug-likeness (QED) is 0.733. The zero-order valence-electron chi connectivity index (χ0n) is 15.3. The van der Waals surface area contributed by atoms with Crippen molar-refractivity contribution in [2.24, 2.45) is 0 Å². The van der Waals surface area contributed by atoms with Gasteiger partial charge >= 0.3 is 0 Å². The molecule has 0 aliphatic rings. The molecule has 1 N–H and O–H groups in total. The Kier molecular flexibility index (Phi) is 7.73. The first kappa shape index (κ1) is 20.0. The van der Waals surface area contributed by atoms with Crippen LogP contribution in [0.5, 0.6) is 5.75 Å². The number of unbranched alkanes of at least 4 members (excludes halogenated alkanes) is 1. The first-order chi connectivity index (χ1) is 11.4. The maximum Gasteiger partial charge on any atom is 0.256 e. The average molecular weight is 332 g/mol. The molecule has 1 atom stereocenters. The van der Waals surface area contributed by atoms with E-state index in [1.807, 2.05) is 27.7 Å². The fourth-order valence-electron chi connectivity index (χ4n) is 2.40. The Bertz CT molecular complexity index is 593. The number of rotatable bonds is 9. The van der Waals surface area contributed by atoms with Gasteiger partial charge in [-0.25, -0.2) is 0 Å². The maximum atomic E-state index is 12.6. The third-order valence-electron chi connectivity index (χ3n) is 3.67. The number of carbonyl (C=O) groups is 1. The lowest BCUT2D eigenvalue weighted by Crippen LogP contribution is -2.42. The highest BCUT2D eigenvalue weighted by Gasteiger charge is 2.33. The van der Waals surface area contributed by atoms with E-state index in [0.29, 0.717) is 30.0 Å². The number of nitrogens with zero attached hydrogens (tertiary/aromatic N) is 1. The van der Waals surface area contributed by atoms with Crippen molar-refractivity contribution in [3.63, 3.8) is 0 Å². The van der Waals surface area contributed by atoms with Crippen molar-refractivity contribution in [3.8, 4) is 11.8 Å². The zero-order chi connectivity index (χ0) is 18.2. The predicted octanol–water partition coefficient (Wildman–Crippen LogP) is 4.27. The number of hydrogen-bond donors (Lipinski definition) is 1. The van der Waals surface area contributed by atoms with Crippen LogP contribution in [0.25, 0.3) is 0 Å². The summed E-state index contributed by atoms with van der Waals surface area (Å²) in [5.74, 6) is 0.322. The van der Waals surface area contributed by atoms with Crippen molar-refractivity contribution in [2.45, 2.75) is 65.6 Å². The van der Waals surface area contributed by atoms with Crippen LogP contribution in [0.2, 0.25) is 0 Å². The summed E-state index contributed by atoms with van der Waals surface area (Å²) in [7, 11) is 0. The molecule has 0 saturated heterocycles. The van der Waals surface area contributed by atoms with E-state index in [1.54, 1.807) is 18.2 Å². The van der Waals surface area contributed by atoms with Gasteiger partial charge in [-0.15, -0.1) is 0 Å². The van der Waals surface area contributed by atoms with Gasteiger partial charge in [0, 0.05) is 12.3 Å². The van der Waals surface area contributed by atoms with Gasteiger partial charge < -0.3 is 14.8 Å². The minimum Gasteiger partial charge on any atom is -0.490 e. The molecular weight excluding hydrogens is 304 g/mol.